The van der Waals surface area contributed by atoms with Crippen LogP contribution in [0.4, 0.5) is 0 Å². The topological polar surface area (TPSA) is 64.5 Å². The van der Waals surface area contributed by atoms with Crippen molar-refractivity contribution in [3.05, 3.63) is 164 Å². The third kappa shape index (κ3) is 5.31. The van der Waals surface area contributed by atoms with Gasteiger partial charge in [0.15, 0.2) is 17.5 Å². The molecule has 0 N–H and O–H groups in total. The second-order valence-corrected chi connectivity index (χ2v) is 11.0. The molecule has 0 saturated heterocycles. The van der Waals surface area contributed by atoms with Crippen LogP contribution in [0.5, 0.6) is 0 Å². The number of fused-ring (bicyclic) bond motifs is 1. The fraction of sp³-hybridized carbons (Fsp3) is 0. The van der Waals surface area contributed by atoms with Crippen LogP contribution in [0.3, 0.4) is 0 Å². The van der Waals surface area contributed by atoms with Gasteiger partial charge in [0.05, 0.1) is 0 Å². The van der Waals surface area contributed by atoms with Gasteiger partial charge in [0.1, 0.15) is 0 Å². The molecule has 0 bridgehead atoms. The summed E-state index contributed by atoms with van der Waals surface area (Å²) in [6, 6.07) is 48.5. The fourth-order valence-electron chi connectivity index (χ4n) is 5.87. The third-order valence-corrected chi connectivity index (χ3v) is 8.15. The van der Waals surface area contributed by atoms with Crippen LogP contribution in [0, 0.1) is 0 Å². The summed E-state index contributed by atoms with van der Waals surface area (Å²) in [5.41, 5.74) is 9.52. The van der Waals surface area contributed by atoms with E-state index in [1.165, 1.54) is 21.9 Å². The summed E-state index contributed by atoms with van der Waals surface area (Å²) < 4.78 is 0. The van der Waals surface area contributed by atoms with E-state index >= 15 is 0 Å². The lowest BCUT2D eigenvalue weighted by Gasteiger charge is -2.17. The number of benzene rings is 5. The Morgan fingerprint density at radius 1 is 0.283 bits per heavy atom. The van der Waals surface area contributed by atoms with E-state index in [4.69, 9.17) is 15.0 Å². The van der Waals surface area contributed by atoms with Crippen molar-refractivity contribution < 1.29 is 0 Å². The molecule has 0 radical (unpaired) electrons. The number of hydrogen-bond acceptors (Lipinski definition) is 5. The molecule has 46 heavy (non-hydrogen) atoms. The van der Waals surface area contributed by atoms with Crippen molar-refractivity contribution in [1.82, 2.24) is 24.9 Å². The zero-order valence-corrected chi connectivity index (χ0v) is 24.8. The molecule has 5 aromatic carbocycles. The van der Waals surface area contributed by atoms with Crippen LogP contribution in [0.2, 0.25) is 0 Å². The Morgan fingerprint density at radius 3 is 1.48 bits per heavy atom. The maximum Gasteiger partial charge on any atom is 0.164 e. The highest BCUT2D eigenvalue weighted by Crippen LogP contribution is 2.40. The first kappa shape index (κ1) is 27.2. The number of pyridine rings is 2. The van der Waals surface area contributed by atoms with E-state index in [0.717, 1.165) is 38.9 Å². The van der Waals surface area contributed by atoms with Crippen molar-refractivity contribution >= 4 is 10.8 Å². The Morgan fingerprint density at radius 2 is 0.804 bits per heavy atom. The van der Waals surface area contributed by atoms with Gasteiger partial charge in [-0.15, -0.1) is 0 Å². The van der Waals surface area contributed by atoms with E-state index in [1.54, 1.807) is 24.8 Å². The molecule has 0 atom stereocenters. The average molecular weight is 590 g/mol. The van der Waals surface area contributed by atoms with Crippen molar-refractivity contribution in [1.29, 1.82) is 0 Å². The summed E-state index contributed by atoms with van der Waals surface area (Å²) in [4.78, 5) is 23.2. The molecule has 0 fully saturated rings. The molecule has 0 aliphatic carbocycles. The van der Waals surface area contributed by atoms with Gasteiger partial charge in [-0.1, -0.05) is 103 Å². The molecule has 5 nitrogen and oxygen atoms in total. The summed E-state index contributed by atoms with van der Waals surface area (Å²) in [6.07, 6.45) is 7.01. The van der Waals surface area contributed by atoms with Gasteiger partial charge in [-0.25, -0.2) is 15.0 Å². The smallest absolute Gasteiger partial charge is 0.164 e. The standard InChI is InChI=1S/C41H27N5/c1-2-9-29(10-3-1)35-12-6-7-13-36(35)37-17-16-34(27-38(37)33-15-14-28-8-4-5-11-32(28)26-33)41-45-39(30-18-22-42-23-19-30)44-40(46-41)31-20-24-43-25-21-31/h1-27H. The molecule has 3 heterocycles. The van der Waals surface area contributed by atoms with Crippen molar-refractivity contribution in [2.24, 2.45) is 0 Å². The molecule has 5 heteroatoms. The van der Waals surface area contributed by atoms with Crippen LogP contribution in [0.25, 0.3) is 78.3 Å². The number of nitrogens with zero attached hydrogens (tertiary/aromatic N) is 5. The Bertz CT molecular complexity index is 2250. The number of aromatic nitrogens is 5. The highest BCUT2D eigenvalue weighted by Gasteiger charge is 2.17. The summed E-state index contributed by atoms with van der Waals surface area (Å²) in [5.74, 6) is 1.77. The number of rotatable bonds is 6. The van der Waals surface area contributed by atoms with Crippen LogP contribution >= 0.6 is 0 Å². The van der Waals surface area contributed by atoms with Gasteiger partial charge in [-0.2, -0.15) is 0 Å². The van der Waals surface area contributed by atoms with Gasteiger partial charge in [-0.05, 0) is 80.6 Å². The lowest BCUT2D eigenvalue weighted by atomic mass is 9.88. The van der Waals surface area contributed by atoms with E-state index in [1.807, 2.05) is 24.3 Å². The monoisotopic (exact) mass is 589 g/mol. The van der Waals surface area contributed by atoms with E-state index < -0.39 is 0 Å². The van der Waals surface area contributed by atoms with Gasteiger partial charge >= 0.3 is 0 Å². The molecule has 0 aliphatic heterocycles. The highest BCUT2D eigenvalue weighted by atomic mass is 15.0. The van der Waals surface area contributed by atoms with E-state index in [9.17, 15) is 0 Å². The van der Waals surface area contributed by atoms with Gasteiger partial charge in [0, 0.05) is 41.5 Å². The minimum absolute atomic E-state index is 0.588. The van der Waals surface area contributed by atoms with Crippen molar-refractivity contribution in [3.8, 4) is 67.5 Å². The Kier molecular flexibility index (Phi) is 7.09. The zero-order valence-electron chi connectivity index (χ0n) is 24.8. The van der Waals surface area contributed by atoms with Crippen molar-refractivity contribution in [3.63, 3.8) is 0 Å². The van der Waals surface area contributed by atoms with E-state index in [-0.39, 0.29) is 0 Å². The largest absolute Gasteiger partial charge is 0.265 e. The lowest BCUT2D eigenvalue weighted by Crippen LogP contribution is -2.01. The van der Waals surface area contributed by atoms with Crippen LogP contribution in [0.1, 0.15) is 0 Å². The third-order valence-electron chi connectivity index (χ3n) is 8.15. The van der Waals surface area contributed by atoms with Crippen molar-refractivity contribution in [2.75, 3.05) is 0 Å². The van der Waals surface area contributed by atoms with Gasteiger partial charge in [0.2, 0.25) is 0 Å². The quantitative estimate of drug-likeness (QED) is 0.193. The Labute approximate surface area is 267 Å². The van der Waals surface area contributed by atoms with Crippen molar-refractivity contribution in [2.45, 2.75) is 0 Å². The summed E-state index contributed by atoms with van der Waals surface area (Å²) in [6.45, 7) is 0. The average Bonchev–Trinajstić information content (AvgIpc) is 3.15. The molecule has 0 aliphatic rings. The molecule has 0 unspecified atom stereocenters. The van der Waals surface area contributed by atoms with Crippen LogP contribution in [0.15, 0.2) is 164 Å². The molecule has 0 spiro atoms. The Balaban J connectivity index is 1.36. The molecule has 0 amide bonds. The maximum atomic E-state index is 4.99. The minimum atomic E-state index is 0.588. The maximum absolute atomic E-state index is 4.99. The predicted octanol–water partition coefficient (Wildman–Crippen LogP) is 9.82. The minimum Gasteiger partial charge on any atom is -0.265 e. The summed E-state index contributed by atoms with van der Waals surface area (Å²) in [7, 11) is 0. The molecule has 8 rings (SSSR count). The molecule has 0 saturated carbocycles. The van der Waals surface area contributed by atoms with E-state index in [0.29, 0.717) is 17.5 Å². The highest BCUT2D eigenvalue weighted by molar-refractivity contribution is 5.96. The second-order valence-electron chi connectivity index (χ2n) is 11.0. The second kappa shape index (κ2) is 12.0. The lowest BCUT2D eigenvalue weighted by molar-refractivity contribution is 1.07. The molecule has 3 aromatic heterocycles. The zero-order chi connectivity index (χ0) is 30.7. The van der Waals surface area contributed by atoms with Gasteiger partial charge in [0.25, 0.3) is 0 Å². The first-order valence-corrected chi connectivity index (χ1v) is 15.2. The summed E-state index contributed by atoms with van der Waals surface area (Å²) >= 11 is 0. The van der Waals surface area contributed by atoms with Crippen LogP contribution < -0.4 is 0 Å². The number of hydrogen-bond donors (Lipinski definition) is 0. The van der Waals surface area contributed by atoms with E-state index in [2.05, 4.69) is 125 Å². The molecular formula is C41H27N5. The Hall–Kier alpha value is -6.33. The van der Waals surface area contributed by atoms with Gasteiger partial charge < -0.3 is 0 Å². The van der Waals surface area contributed by atoms with Crippen LogP contribution in [-0.4, -0.2) is 24.9 Å². The summed E-state index contributed by atoms with van der Waals surface area (Å²) in [5, 5.41) is 2.39. The predicted molar refractivity (Wildman–Crippen MR) is 186 cm³/mol. The SMILES string of the molecule is c1ccc(-c2ccccc2-c2ccc(-c3nc(-c4ccncc4)nc(-c4ccncc4)n3)cc2-c2ccc3ccccc3c2)cc1. The molecule has 8 aromatic rings. The normalized spacial score (nSPS) is 11.0. The van der Waals surface area contributed by atoms with Crippen LogP contribution in [-0.2, 0) is 0 Å². The first-order chi connectivity index (χ1) is 22.8. The van der Waals surface area contributed by atoms with Gasteiger partial charge in [-0.3, -0.25) is 9.97 Å². The first-order valence-electron chi connectivity index (χ1n) is 15.2. The fourth-order valence-corrected chi connectivity index (χ4v) is 5.87. The molecular weight excluding hydrogens is 562 g/mol. The molecule has 216 valence electrons.